The number of hydrogen-bond acceptors (Lipinski definition) is 4. The number of carbonyl (C=O) groups is 1. The number of benzene rings is 2. The number of ether oxygens (including phenoxy) is 2. The lowest BCUT2D eigenvalue weighted by Crippen LogP contribution is -2.06. The molecule has 0 saturated carbocycles. The molecule has 0 spiro atoms. The third-order valence-corrected chi connectivity index (χ3v) is 3.83. The van der Waals surface area contributed by atoms with Crippen LogP contribution < -0.4 is 4.74 Å². The number of nitrogens with zero attached hydrogens (tertiary/aromatic N) is 1. The summed E-state index contributed by atoms with van der Waals surface area (Å²) < 4.78 is 10.7. The molecule has 0 aliphatic rings. The summed E-state index contributed by atoms with van der Waals surface area (Å²) in [5.74, 6) is -0.219. The van der Waals surface area contributed by atoms with Crippen LogP contribution in [-0.4, -0.2) is 12.6 Å². The molecule has 2 aromatic carbocycles. The Labute approximate surface area is 156 Å². The van der Waals surface area contributed by atoms with Crippen molar-refractivity contribution in [3.05, 3.63) is 69.2 Å². The van der Waals surface area contributed by atoms with Crippen LogP contribution in [0.5, 0.6) is 5.75 Å². The van der Waals surface area contributed by atoms with Crippen LogP contribution in [0.4, 0.5) is 0 Å². The third kappa shape index (κ3) is 5.25. The quantitative estimate of drug-likeness (QED) is 0.403. The van der Waals surface area contributed by atoms with Crippen molar-refractivity contribution in [3.8, 4) is 11.8 Å². The van der Waals surface area contributed by atoms with E-state index in [0.717, 1.165) is 5.56 Å². The highest BCUT2D eigenvalue weighted by atomic mass is 35.5. The molecule has 2 aromatic rings. The lowest BCUT2D eigenvalue weighted by molar-refractivity contribution is -0.137. The van der Waals surface area contributed by atoms with Gasteiger partial charge in [-0.2, -0.15) is 5.26 Å². The van der Waals surface area contributed by atoms with Gasteiger partial charge >= 0.3 is 5.97 Å². The summed E-state index contributed by atoms with van der Waals surface area (Å²) in [6.45, 7) is 2.09. The predicted molar refractivity (Wildman–Crippen MR) is 97.5 cm³/mol. The van der Waals surface area contributed by atoms with Crippen LogP contribution in [0.15, 0.2) is 48.0 Å². The fourth-order valence-corrected chi connectivity index (χ4v) is 2.41. The Kier molecular flexibility index (Phi) is 6.88. The van der Waals surface area contributed by atoms with Gasteiger partial charge in [-0.15, -0.1) is 0 Å². The maximum atomic E-state index is 11.8. The Morgan fingerprint density at radius 1 is 1.24 bits per heavy atom. The monoisotopic (exact) mass is 375 g/mol. The Balaban J connectivity index is 2.29. The molecule has 25 heavy (non-hydrogen) atoms. The summed E-state index contributed by atoms with van der Waals surface area (Å²) in [5.41, 5.74) is 1.19. The number of rotatable bonds is 6. The zero-order chi connectivity index (χ0) is 18.2. The van der Waals surface area contributed by atoms with E-state index >= 15 is 0 Å². The van der Waals surface area contributed by atoms with Gasteiger partial charge in [0.15, 0.2) is 0 Å². The summed E-state index contributed by atoms with van der Waals surface area (Å²) in [7, 11) is 0. The van der Waals surface area contributed by atoms with E-state index in [-0.39, 0.29) is 18.8 Å². The predicted octanol–water partition coefficient (Wildman–Crippen LogP) is 5.04. The molecule has 0 fully saturated rings. The maximum Gasteiger partial charge on any atom is 0.348 e. The fourth-order valence-electron chi connectivity index (χ4n) is 2.04. The molecule has 0 N–H and O–H groups in total. The van der Waals surface area contributed by atoms with Crippen molar-refractivity contribution in [2.45, 2.75) is 13.5 Å². The van der Waals surface area contributed by atoms with Crippen molar-refractivity contribution < 1.29 is 14.3 Å². The van der Waals surface area contributed by atoms with E-state index in [1.54, 1.807) is 31.2 Å². The van der Waals surface area contributed by atoms with Crippen molar-refractivity contribution in [2.75, 3.05) is 6.61 Å². The molecule has 128 valence electrons. The van der Waals surface area contributed by atoms with Crippen LogP contribution in [0.25, 0.3) is 6.08 Å². The van der Waals surface area contributed by atoms with Gasteiger partial charge in [0.1, 0.15) is 24.0 Å². The van der Waals surface area contributed by atoms with Crippen molar-refractivity contribution in [1.82, 2.24) is 0 Å². The molecule has 0 saturated heterocycles. The minimum atomic E-state index is -0.693. The molecule has 4 nitrogen and oxygen atoms in total. The minimum absolute atomic E-state index is 0.133. The van der Waals surface area contributed by atoms with Crippen LogP contribution in [0, 0.1) is 11.3 Å². The number of nitriles is 1. The molecule has 0 heterocycles. The zero-order valence-corrected chi connectivity index (χ0v) is 15.0. The molecular formula is C19H15Cl2NO3. The minimum Gasteiger partial charge on any atom is -0.488 e. The molecule has 0 bridgehead atoms. The second-order valence-electron chi connectivity index (χ2n) is 4.95. The fraction of sp³-hybridized carbons (Fsp3) is 0.158. The van der Waals surface area contributed by atoms with E-state index < -0.39 is 5.97 Å². The number of esters is 1. The number of hydrogen-bond donors (Lipinski definition) is 0. The molecule has 0 unspecified atom stereocenters. The molecule has 0 aromatic heterocycles. The Morgan fingerprint density at radius 2 is 2.00 bits per heavy atom. The van der Waals surface area contributed by atoms with Gasteiger partial charge in [0, 0.05) is 21.2 Å². The Morgan fingerprint density at radius 3 is 2.68 bits per heavy atom. The lowest BCUT2D eigenvalue weighted by atomic mass is 10.1. The number of halogens is 2. The first-order valence-corrected chi connectivity index (χ1v) is 8.25. The molecule has 0 amide bonds. The summed E-state index contributed by atoms with van der Waals surface area (Å²) >= 11 is 12.1. The molecule has 0 atom stereocenters. The first-order valence-electron chi connectivity index (χ1n) is 7.49. The molecule has 0 aliphatic heterocycles. The Bertz CT molecular complexity index is 841. The van der Waals surface area contributed by atoms with Crippen molar-refractivity contribution in [2.24, 2.45) is 0 Å². The normalized spacial score (nSPS) is 10.9. The van der Waals surface area contributed by atoms with Gasteiger partial charge in [-0.3, -0.25) is 0 Å². The van der Waals surface area contributed by atoms with Crippen LogP contribution in [0.3, 0.4) is 0 Å². The van der Waals surface area contributed by atoms with Gasteiger partial charge in [0.05, 0.1) is 6.61 Å². The van der Waals surface area contributed by atoms with E-state index in [9.17, 15) is 10.1 Å². The average molecular weight is 376 g/mol. The van der Waals surface area contributed by atoms with E-state index in [4.69, 9.17) is 32.7 Å². The second kappa shape index (κ2) is 9.12. The van der Waals surface area contributed by atoms with Crippen molar-refractivity contribution >= 4 is 35.2 Å². The smallest absolute Gasteiger partial charge is 0.348 e. The first-order chi connectivity index (χ1) is 12.0. The maximum absolute atomic E-state index is 11.8. The topological polar surface area (TPSA) is 59.3 Å². The SMILES string of the molecule is CCOC(=O)/C(C#N)=C/c1cc(Cl)ccc1OCc1ccccc1Cl. The van der Waals surface area contributed by atoms with Crippen LogP contribution >= 0.6 is 23.2 Å². The van der Waals surface area contributed by atoms with Crippen molar-refractivity contribution in [3.63, 3.8) is 0 Å². The van der Waals surface area contributed by atoms with E-state index in [1.165, 1.54) is 6.08 Å². The molecule has 0 aliphatic carbocycles. The van der Waals surface area contributed by atoms with E-state index in [1.807, 2.05) is 24.3 Å². The van der Waals surface area contributed by atoms with Crippen molar-refractivity contribution in [1.29, 1.82) is 5.26 Å². The van der Waals surface area contributed by atoms with Gasteiger partial charge in [-0.1, -0.05) is 41.4 Å². The summed E-state index contributed by atoms with van der Waals surface area (Å²) in [6.07, 6.45) is 1.39. The molecule has 0 radical (unpaired) electrons. The third-order valence-electron chi connectivity index (χ3n) is 3.23. The summed E-state index contributed by atoms with van der Waals surface area (Å²) in [5, 5.41) is 10.2. The van der Waals surface area contributed by atoms with Gasteiger partial charge in [0.2, 0.25) is 0 Å². The summed E-state index contributed by atoms with van der Waals surface area (Å²) in [6, 6.07) is 14.1. The van der Waals surface area contributed by atoms with Crippen LogP contribution in [0.1, 0.15) is 18.1 Å². The van der Waals surface area contributed by atoms with Gasteiger partial charge in [-0.25, -0.2) is 4.79 Å². The van der Waals surface area contributed by atoms with Gasteiger partial charge < -0.3 is 9.47 Å². The van der Waals surface area contributed by atoms with Crippen LogP contribution in [-0.2, 0) is 16.1 Å². The second-order valence-corrected chi connectivity index (χ2v) is 5.80. The zero-order valence-electron chi connectivity index (χ0n) is 13.5. The van der Waals surface area contributed by atoms with Gasteiger partial charge in [-0.05, 0) is 37.3 Å². The standard InChI is InChI=1S/C19H15Cl2NO3/c1-2-24-19(23)15(11-22)9-14-10-16(20)7-8-18(14)25-12-13-5-3-4-6-17(13)21/h3-10H,2,12H2,1H3/b15-9+. The highest BCUT2D eigenvalue weighted by molar-refractivity contribution is 6.31. The Hall–Kier alpha value is -2.48. The molecule has 6 heteroatoms. The molecular weight excluding hydrogens is 361 g/mol. The van der Waals surface area contributed by atoms with Gasteiger partial charge in [0.25, 0.3) is 0 Å². The van der Waals surface area contributed by atoms with Crippen LogP contribution in [0.2, 0.25) is 10.0 Å². The average Bonchev–Trinajstić information content (AvgIpc) is 2.60. The lowest BCUT2D eigenvalue weighted by Gasteiger charge is -2.11. The largest absolute Gasteiger partial charge is 0.488 e. The van der Waals surface area contributed by atoms with E-state index in [0.29, 0.717) is 21.4 Å². The number of carbonyl (C=O) groups excluding carboxylic acids is 1. The highest BCUT2D eigenvalue weighted by Gasteiger charge is 2.12. The first kappa shape index (κ1) is 18.9. The molecule has 2 rings (SSSR count). The highest BCUT2D eigenvalue weighted by Crippen LogP contribution is 2.27. The van der Waals surface area contributed by atoms with E-state index in [2.05, 4.69) is 0 Å². The summed E-state index contributed by atoms with van der Waals surface area (Å²) in [4.78, 5) is 11.8.